The molecule has 2 aromatic rings. The molecule has 0 bridgehead atoms. The number of benzene rings is 1. The van der Waals surface area contributed by atoms with Crippen LogP contribution in [0.1, 0.15) is 66.2 Å². The SMILES string of the molecule is CCCCCNC1CCCN(S(=O)(=O)c2cc(Cl)c(Cc3cccc(C(N)=O)c3)s2)CC1. The third-order valence-electron chi connectivity index (χ3n) is 5.81. The van der Waals surface area contributed by atoms with Gasteiger partial charge in [-0.1, -0.05) is 43.5 Å². The Bertz CT molecular complexity index is 1020. The van der Waals surface area contributed by atoms with E-state index >= 15 is 0 Å². The largest absolute Gasteiger partial charge is 0.366 e. The molecular weight excluding hydrogens is 466 g/mol. The van der Waals surface area contributed by atoms with E-state index in [-0.39, 0.29) is 4.21 Å². The molecule has 1 aliphatic rings. The minimum Gasteiger partial charge on any atom is -0.366 e. The number of rotatable bonds is 10. The average Bonchev–Trinajstić information content (AvgIpc) is 2.98. The summed E-state index contributed by atoms with van der Waals surface area (Å²) in [6.07, 6.45) is 6.67. The maximum absolute atomic E-state index is 13.3. The summed E-state index contributed by atoms with van der Waals surface area (Å²) in [7, 11) is -3.59. The highest BCUT2D eigenvalue weighted by Gasteiger charge is 2.29. The summed E-state index contributed by atoms with van der Waals surface area (Å²) >= 11 is 7.61. The Kier molecular flexibility index (Phi) is 9.13. The number of carbonyl (C=O) groups excluding carboxylic acids is 1. The van der Waals surface area contributed by atoms with Crippen LogP contribution in [0.3, 0.4) is 0 Å². The van der Waals surface area contributed by atoms with Crippen molar-refractivity contribution in [1.82, 2.24) is 9.62 Å². The van der Waals surface area contributed by atoms with Crippen LogP contribution in [0.15, 0.2) is 34.5 Å². The number of nitrogens with zero attached hydrogens (tertiary/aromatic N) is 1. The highest BCUT2D eigenvalue weighted by Crippen LogP contribution is 2.34. The van der Waals surface area contributed by atoms with E-state index in [1.807, 2.05) is 6.07 Å². The zero-order chi connectivity index (χ0) is 23.1. The summed E-state index contributed by atoms with van der Waals surface area (Å²) < 4.78 is 28.5. The van der Waals surface area contributed by atoms with E-state index < -0.39 is 15.9 Å². The van der Waals surface area contributed by atoms with Gasteiger partial charge in [0, 0.05) is 36.0 Å². The van der Waals surface area contributed by atoms with Gasteiger partial charge in [-0.25, -0.2) is 8.42 Å². The molecule has 9 heteroatoms. The van der Waals surface area contributed by atoms with E-state index in [0.717, 1.165) is 42.7 Å². The lowest BCUT2D eigenvalue weighted by Gasteiger charge is -2.19. The first-order chi connectivity index (χ1) is 15.3. The van der Waals surface area contributed by atoms with Gasteiger partial charge in [0.25, 0.3) is 10.0 Å². The molecule has 1 aromatic carbocycles. The van der Waals surface area contributed by atoms with Gasteiger partial charge in [0.05, 0.1) is 5.02 Å². The number of hydrogen-bond acceptors (Lipinski definition) is 5. The first-order valence-electron chi connectivity index (χ1n) is 11.2. The van der Waals surface area contributed by atoms with E-state index in [0.29, 0.717) is 36.1 Å². The molecule has 2 heterocycles. The molecule has 1 atom stereocenters. The predicted molar refractivity (Wildman–Crippen MR) is 131 cm³/mol. The fourth-order valence-corrected chi connectivity index (χ4v) is 7.49. The number of sulfonamides is 1. The summed E-state index contributed by atoms with van der Waals surface area (Å²) in [5, 5.41) is 4.02. The molecule has 6 nitrogen and oxygen atoms in total. The van der Waals surface area contributed by atoms with Crippen LogP contribution in [0.25, 0.3) is 0 Å². The van der Waals surface area contributed by atoms with Crippen molar-refractivity contribution in [2.24, 2.45) is 5.73 Å². The minimum atomic E-state index is -3.59. The quantitative estimate of drug-likeness (QED) is 0.475. The number of halogens is 1. The fourth-order valence-electron chi connectivity index (χ4n) is 3.97. The van der Waals surface area contributed by atoms with Gasteiger partial charge in [0.15, 0.2) is 0 Å². The summed E-state index contributed by atoms with van der Waals surface area (Å²) in [6.45, 7) is 4.22. The molecule has 0 spiro atoms. The lowest BCUT2D eigenvalue weighted by atomic mass is 10.1. The van der Waals surface area contributed by atoms with Crippen LogP contribution < -0.4 is 11.1 Å². The van der Waals surface area contributed by atoms with Crippen LogP contribution in [-0.4, -0.2) is 44.3 Å². The second-order valence-electron chi connectivity index (χ2n) is 8.27. The monoisotopic (exact) mass is 497 g/mol. The standard InChI is InChI=1S/C23H32ClN3O3S2/c1-2-3-4-11-26-19-9-6-12-27(13-10-19)32(29,30)22-16-20(24)21(31-22)15-17-7-5-8-18(14-17)23(25)28/h5,7-8,14,16,19,26H,2-4,6,9-13,15H2,1H3,(H2,25,28). The van der Waals surface area contributed by atoms with Gasteiger partial charge >= 0.3 is 0 Å². The van der Waals surface area contributed by atoms with E-state index in [1.54, 1.807) is 28.6 Å². The molecule has 1 aromatic heterocycles. The summed E-state index contributed by atoms with van der Waals surface area (Å²) in [6, 6.07) is 8.93. The van der Waals surface area contributed by atoms with Gasteiger partial charge in [-0.2, -0.15) is 4.31 Å². The van der Waals surface area contributed by atoms with E-state index in [2.05, 4.69) is 12.2 Å². The van der Waals surface area contributed by atoms with E-state index in [1.165, 1.54) is 24.2 Å². The van der Waals surface area contributed by atoms with Crippen LogP contribution in [0.2, 0.25) is 5.02 Å². The van der Waals surface area contributed by atoms with Crippen molar-refractivity contribution < 1.29 is 13.2 Å². The van der Waals surface area contributed by atoms with Crippen molar-refractivity contribution in [2.75, 3.05) is 19.6 Å². The number of nitrogens with two attached hydrogens (primary N) is 1. The van der Waals surface area contributed by atoms with Crippen molar-refractivity contribution in [3.63, 3.8) is 0 Å². The topological polar surface area (TPSA) is 92.5 Å². The molecule has 176 valence electrons. The second-order valence-corrected chi connectivity index (χ2v) is 12.0. The normalized spacial score (nSPS) is 17.9. The Balaban J connectivity index is 1.67. The fraction of sp³-hybridized carbons (Fsp3) is 0.522. The molecule has 3 rings (SSSR count). The molecule has 3 N–H and O–H groups in total. The van der Waals surface area contributed by atoms with Crippen molar-refractivity contribution in [3.8, 4) is 0 Å². The molecule has 32 heavy (non-hydrogen) atoms. The summed E-state index contributed by atoms with van der Waals surface area (Å²) in [5.41, 5.74) is 6.64. The first-order valence-corrected chi connectivity index (χ1v) is 13.8. The zero-order valence-corrected chi connectivity index (χ0v) is 20.9. The molecule has 0 saturated carbocycles. The Morgan fingerprint density at radius 2 is 2.06 bits per heavy atom. The number of nitrogens with one attached hydrogen (secondary N) is 1. The molecule has 1 unspecified atom stereocenters. The van der Waals surface area contributed by atoms with Crippen molar-refractivity contribution >= 4 is 38.9 Å². The molecule has 0 aliphatic carbocycles. The van der Waals surface area contributed by atoms with Gasteiger partial charge in [-0.15, -0.1) is 11.3 Å². The second kappa shape index (κ2) is 11.6. The smallest absolute Gasteiger partial charge is 0.252 e. The highest BCUT2D eigenvalue weighted by atomic mass is 35.5. The Hall–Kier alpha value is -1.45. The Morgan fingerprint density at radius 3 is 2.81 bits per heavy atom. The molecule has 1 amide bonds. The Labute approximate surface area is 200 Å². The van der Waals surface area contributed by atoms with Crippen LogP contribution >= 0.6 is 22.9 Å². The summed E-state index contributed by atoms with van der Waals surface area (Å²) in [5.74, 6) is -0.494. The summed E-state index contributed by atoms with van der Waals surface area (Å²) in [4.78, 5) is 12.2. The van der Waals surface area contributed by atoms with Crippen LogP contribution in [-0.2, 0) is 16.4 Å². The van der Waals surface area contributed by atoms with Gasteiger partial charge in [-0.05, 0) is 56.0 Å². The maximum atomic E-state index is 13.3. The van der Waals surface area contributed by atoms with Crippen LogP contribution in [0.5, 0.6) is 0 Å². The zero-order valence-electron chi connectivity index (χ0n) is 18.5. The molecular formula is C23H32ClN3O3S2. The van der Waals surface area contributed by atoms with Gasteiger partial charge < -0.3 is 11.1 Å². The van der Waals surface area contributed by atoms with E-state index in [4.69, 9.17) is 17.3 Å². The van der Waals surface area contributed by atoms with Crippen molar-refractivity contribution in [1.29, 1.82) is 0 Å². The third-order valence-corrected chi connectivity index (χ3v) is 9.74. The van der Waals surface area contributed by atoms with Gasteiger partial charge in [-0.3, -0.25) is 4.79 Å². The van der Waals surface area contributed by atoms with E-state index in [9.17, 15) is 13.2 Å². The van der Waals surface area contributed by atoms with Crippen molar-refractivity contribution in [2.45, 2.75) is 62.1 Å². The minimum absolute atomic E-state index is 0.276. The third kappa shape index (κ3) is 6.54. The lowest BCUT2D eigenvalue weighted by Crippen LogP contribution is -2.34. The lowest BCUT2D eigenvalue weighted by molar-refractivity contribution is 0.1000. The number of amides is 1. The van der Waals surface area contributed by atoms with Gasteiger partial charge in [0.1, 0.15) is 4.21 Å². The van der Waals surface area contributed by atoms with Crippen LogP contribution in [0.4, 0.5) is 0 Å². The number of carbonyl (C=O) groups is 1. The maximum Gasteiger partial charge on any atom is 0.252 e. The number of unbranched alkanes of at least 4 members (excludes halogenated alkanes) is 2. The Morgan fingerprint density at radius 1 is 1.25 bits per heavy atom. The molecule has 1 aliphatic heterocycles. The number of thiophene rings is 1. The van der Waals surface area contributed by atoms with Crippen molar-refractivity contribution in [3.05, 3.63) is 51.4 Å². The predicted octanol–water partition coefficient (Wildman–Crippen LogP) is 4.41. The van der Waals surface area contributed by atoms with Crippen LogP contribution in [0, 0.1) is 0 Å². The molecule has 1 saturated heterocycles. The van der Waals surface area contributed by atoms with Gasteiger partial charge in [0.2, 0.25) is 5.91 Å². The average molecular weight is 498 g/mol. The molecule has 1 fully saturated rings. The molecule has 0 radical (unpaired) electrons. The first kappa shape index (κ1) is 25.2. The number of primary amides is 1. The number of hydrogen-bond donors (Lipinski definition) is 2. The highest BCUT2D eigenvalue weighted by molar-refractivity contribution is 7.91.